The first-order valence-electron chi connectivity index (χ1n) is 17.1. The van der Waals surface area contributed by atoms with Gasteiger partial charge < -0.3 is 53.6 Å². The van der Waals surface area contributed by atoms with Crippen molar-refractivity contribution in [3.8, 4) is 5.75 Å². The lowest BCUT2D eigenvalue weighted by atomic mass is 10.1. The molecule has 0 aliphatic heterocycles. The average Bonchev–Trinajstić information content (AvgIpc) is 3.48. The highest BCUT2D eigenvalue weighted by Crippen LogP contribution is 2.26. The van der Waals surface area contributed by atoms with E-state index in [1.807, 2.05) is 12.1 Å². The van der Waals surface area contributed by atoms with Gasteiger partial charge in [-0.05, 0) is 31.0 Å². The van der Waals surface area contributed by atoms with Crippen LogP contribution in [-0.4, -0.2) is 149 Å². The van der Waals surface area contributed by atoms with E-state index >= 15 is 0 Å². The van der Waals surface area contributed by atoms with E-state index in [-0.39, 0.29) is 46.5 Å². The van der Waals surface area contributed by atoms with Crippen molar-refractivity contribution in [3.05, 3.63) is 35.5 Å². The van der Waals surface area contributed by atoms with Gasteiger partial charge in [-0.3, -0.25) is 9.59 Å². The zero-order valence-corrected chi connectivity index (χ0v) is 31.7. The smallest absolute Gasteiger partial charge is 0.252 e. The lowest BCUT2D eigenvalue weighted by molar-refractivity contribution is -0.122. The number of carbonyl (C=O) groups is 2. The maximum atomic E-state index is 12.5. The van der Waals surface area contributed by atoms with E-state index in [2.05, 4.69) is 20.3 Å². The second-order valence-electron chi connectivity index (χ2n) is 10.9. The topological polar surface area (TPSA) is 211 Å². The van der Waals surface area contributed by atoms with Crippen molar-refractivity contribution in [1.82, 2.24) is 15.0 Å². The molecule has 2 amide bonds. The van der Waals surface area contributed by atoms with Gasteiger partial charge in [-0.15, -0.1) is 0 Å². The molecule has 0 fully saturated rings. The number of rotatable bonds is 33. The van der Waals surface area contributed by atoms with Gasteiger partial charge >= 0.3 is 0 Å². The normalized spacial score (nSPS) is 11.6. The van der Waals surface area contributed by atoms with Gasteiger partial charge in [0.05, 0.1) is 111 Å². The Morgan fingerprint density at radius 1 is 0.692 bits per heavy atom. The standard InChI is InChI=1S/C33H54N4O13S2/c1-27-32(51-33(36-27)37-28(2)38)52(41,42)35-10-12-44-14-16-46-18-20-48-22-24-50-26-25-49-23-21-47-19-17-45-15-13-43-11-8-31(40)34-9-7-29-3-5-30(39)6-4-29/h3-6,35,39H,7-26H2,1-2H3,(H,34,40)(H,36,37,38). The van der Waals surface area contributed by atoms with Crippen LogP contribution in [0.25, 0.3) is 0 Å². The minimum absolute atomic E-state index is 0.0516. The van der Waals surface area contributed by atoms with Gasteiger partial charge in [0.2, 0.25) is 11.8 Å². The summed E-state index contributed by atoms with van der Waals surface area (Å²) in [5, 5.41) is 14.9. The number of anilines is 1. The number of phenols is 1. The fourth-order valence-electron chi connectivity index (χ4n) is 4.05. The molecule has 52 heavy (non-hydrogen) atoms. The zero-order valence-electron chi connectivity index (χ0n) is 30.1. The Morgan fingerprint density at radius 3 is 1.60 bits per heavy atom. The summed E-state index contributed by atoms with van der Waals surface area (Å²) in [6.07, 6.45) is 0.984. The molecule has 1 aromatic heterocycles. The van der Waals surface area contributed by atoms with Crippen molar-refractivity contribution < 1.29 is 61.0 Å². The van der Waals surface area contributed by atoms with Crippen molar-refractivity contribution in [2.45, 2.75) is 30.9 Å². The number of hydrogen-bond donors (Lipinski definition) is 4. The number of ether oxygens (including phenoxy) is 8. The third kappa shape index (κ3) is 23.0. The van der Waals surface area contributed by atoms with Crippen molar-refractivity contribution >= 4 is 38.3 Å². The minimum atomic E-state index is -3.75. The number of benzene rings is 1. The number of thiazole rings is 1. The van der Waals surface area contributed by atoms with Crippen LogP contribution in [0.1, 0.15) is 24.6 Å². The molecule has 17 nitrogen and oxygen atoms in total. The van der Waals surface area contributed by atoms with Crippen molar-refractivity contribution in [3.63, 3.8) is 0 Å². The highest BCUT2D eigenvalue weighted by molar-refractivity contribution is 7.91. The van der Waals surface area contributed by atoms with E-state index in [4.69, 9.17) is 37.9 Å². The molecule has 0 spiro atoms. The summed E-state index contributed by atoms with van der Waals surface area (Å²) in [6.45, 7) is 9.82. The largest absolute Gasteiger partial charge is 0.508 e. The molecule has 0 saturated heterocycles. The number of aromatic hydroxyl groups is 1. The zero-order chi connectivity index (χ0) is 37.7. The number of aryl methyl sites for hydroxylation is 1. The van der Waals surface area contributed by atoms with E-state index < -0.39 is 10.0 Å². The maximum Gasteiger partial charge on any atom is 0.252 e. The number of carbonyl (C=O) groups excluding carboxylic acids is 2. The summed E-state index contributed by atoms with van der Waals surface area (Å²) in [5.74, 6) is -0.168. The Morgan fingerprint density at radius 2 is 1.13 bits per heavy atom. The number of nitrogens with one attached hydrogen (secondary N) is 3. The molecule has 0 aliphatic rings. The van der Waals surface area contributed by atoms with Crippen molar-refractivity contribution in [2.24, 2.45) is 0 Å². The van der Waals surface area contributed by atoms with Gasteiger partial charge in [-0.2, -0.15) is 0 Å². The van der Waals surface area contributed by atoms with Crippen LogP contribution in [0.3, 0.4) is 0 Å². The SMILES string of the molecule is CC(=O)Nc1nc(C)c(S(=O)(=O)NCCOCCOCCOCCOCCOCCOCCOCCOCCC(=O)NCCc2ccc(O)cc2)s1. The molecule has 0 bridgehead atoms. The summed E-state index contributed by atoms with van der Waals surface area (Å²) in [4.78, 5) is 27.1. The number of aromatic nitrogens is 1. The van der Waals surface area contributed by atoms with Crippen LogP contribution >= 0.6 is 11.3 Å². The van der Waals surface area contributed by atoms with Crippen LogP contribution in [0.15, 0.2) is 28.5 Å². The van der Waals surface area contributed by atoms with E-state index in [9.17, 15) is 23.1 Å². The van der Waals surface area contributed by atoms with Crippen LogP contribution in [0.2, 0.25) is 0 Å². The molecule has 2 aromatic rings. The summed E-state index contributed by atoms with van der Waals surface area (Å²) in [5.41, 5.74) is 1.36. The third-order valence-electron chi connectivity index (χ3n) is 6.57. The molecular formula is C33H54N4O13S2. The van der Waals surface area contributed by atoms with Gasteiger partial charge in [0, 0.05) is 26.4 Å². The quantitative estimate of drug-likeness (QED) is 0.0753. The molecule has 0 saturated carbocycles. The number of nitrogens with zero attached hydrogens (tertiary/aromatic N) is 1. The summed E-state index contributed by atoms with van der Waals surface area (Å²) in [7, 11) is -3.75. The molecular weight excluding hydrogens is 725 g/mol. The van der Waals surface area contributed by atoms with Crippen LogP contribution in [0, 0.1) is 6.92 Å². The van der Waals surface area contributed by atoms with Gasteiger partial charge in [0.15, 0.2) is 9.34 Å². The Balaban J connectivity index is 1.23. The minimum Gasteiger partial charge on any atom is -0.508 e. The Kier molecular flexibility index (Phi) is 25.0. The molecule has 19 heteroatoms. The van der Waals surface area contributed by atoms with Crippen LogP contribution in [-0.2, 0) is 63.9 Å². The fraction of sp³-hybridized carbons (Fsp3) is 0.667. The monoisotopic (exact) mass is 778 g/mol. The maximum absolute atomic E-state index is 12.5. The number of phenolic OH excluding ortho intramolecular Hbond substituents is 1. The average molecular weight is 779 g/mol. The van der Waals surface area contributed by atoms with E-state index in [1.165, 1.54) is 6.92 Å². The van der Waals surface area contributed by atoms with Gasteiger partial charge in [0.1, 0.15) is 5.75 Å². The van der Waals surface area contributed by atoms with Crippen LogP contribution in [0.4, 0.5) is 5.13 Å². The summed E-state index contributed by atoms with van der Waals surface area (Å²) in [6, 6.07) is 6.91. The first-order chi connectivity index (χ1) is 25.2. The van der Waals surface area contributed by atoms with Gasteiger partial charge in [-0.25, -0.2) is 18.1 Å². The van der Waals surface area contributed by atoms with Crippen LogP contribution in [0.5, 0.6) is 5.75 Å². The predicted molar refractivity (Wildman–Crippen MR) is 192 cm³/mol. The first kappa shape index (κ1) is 45.3. The molecule has 0 aliphatic carbocycles. The lowest BCUT2D eigenvalue weighted by Gasteiger charge is -2.09. The van der Waals surface area contributed by atoms with Gasteiger partial charge in [0.25, 0.3) is 10.0 Å². The van der Waals surface area contributed by atoms with E-state index in [1.54, 1.807) is 19.1 Å². The highest BCUT2D eigenvalue weighted by Gasteiger charge is 2.21. The van der Waals surface area contributed by atoms with Crippen LogP contribution < -0.4 is 15.4 Å². The molecule has 0 atom stereocenters. The first-order valence-corrected chi connectivity index (χ1v) is 19.4. The Bertz CT molecular complexity index is 1350. The highest BCUT2D eigenvalue weighted by atomic mass is 32.2. The second kappa shape index (κ2) is 28.7. The molecule has 0 radical (unpaired) electrons. The lowest BCUT2D eigenvalue weighted by Crippen LogP contribution is -2.27. The second-order valence-corrected chi connectivity index (χ2v) is 13.8. The summed E-state index contributed by atoms with van der Waals surface area (Å²) >= 11 is 0.892. The van der Waals surface area contributed by atoms with Gasteiger partial charge in [-0.1, -0.05) is 23.5 Å². The van der Waals surface area contributed by atoms with E-state index in [0.717, 1.165) is 16.9 Å². The van der Waals surface area contributed by atoms with Crippen molar-refractivity contribution in [1.29, 1.82) is 0 Å². The fourth-order valence-corrected chi connectivity index (χ4v) is 6.57. The molecule has 1 heterocycles. The van der Waals surface area contributed by atoms with E-state index in [0.29, 0.717) is 118 Å². The number of amides is 2. The predicted octanol–water partition coefficient (Wildman–Crippen LogP) is 1.28. The molecule has 0 unspecified atom stereocenters. The molecule has 1 aromatic carbocycles. The summed E-state index contributed by atoms with van der Waals surface area (Å²) < 4.78 is 71.0. The molecule has 296 valence electrons. The van der Waals surface area contributed by atoms with Crippen molar-refractivity contribution in [2.75, 3.05) is 124 Å². The molecule has 4 N–H and O–H groups in total. The number of hydrogen-bond acceptors (Lipinski definition) is 15. The third-order valence-corrected chi connectivity index (χ3v) is 9.71. The molecule has 2 rings (SSSR count). The Hall–Kier alpha value is -2.82. The Labute approximate surface area is 310 Å². The number of sulfonamides is 1.